The number of rotatable bonds is 10. The lowest BCUT2D eigenvalue weighted by molar-refractivity contribution is -0.0440. The van der Waals surface area contributed by atoms with Crippen molar-refractivity contribution in [1.29, 1.82) is 5.26 Å². The molecule has 0 radical (unpaired) electrons. The molecule has 7 nitrogen and oxygen atoms in total. The van der Waals surface area contributed by atoms with E-state index < -0.39 is 6.29 Å². The van der Waals surface area contributed by atoms with Crippen LogP contribution in [0.25, 0.3) is 11.3 Å². The van der Waals surface area contributed by atoms with Crippen LogP contribution in [0.2, 0.25) is 0 Å². The molecule has 1 heterocycles. The van der Waals surface area contributed by atoms with Gasteiger partial charge in [0.2, 0.25) is 0 Å². The summed E-state index contributed by atoms with van der Waals surface area (Å²) in [5.74, 6) is 0.382. The summed E-state index contributed by atoms with van der Waals surface area (Å²) in [6.07, 6.45) is 5.08. The van der Waals surface area contributed by atoms with Crippen LogP contribution in [-0.2, 0) is 6.54 Å². The van der Waals surface area contributed by atoms with Gasteiger partial charge in [-0.3, -0.25) is 4.79 Å². The van der Waals surface area contributed by atoms with Crippen molar-refractivity contribution < 1.29 is 15.0 Å². The second-order valence-electron chi connectivity index (χ2n) is 10.4. The highest BCUT2D eigenvalue weighted by Gasteiger charge is 2.19. The van der Waals surface area contributed by atoms with Crippen LogP contribution in [0.15, 0.2) is 78.2 Å². The van der Waals surface area contributed by atoms with Crippen LogP contribution in [0.5, 0.6) is 0 Å². The molecule has 5 rings (SSSR count). The van der Waals surface area contributed by atoms with E-state index in [1.807, 2.05) is 29.6 Å². The smallest absolute Gasteiger partial charge is 0.251 e. The van der Waals surface area contributed by atoms with Crippen LogP contribution in [0.3, 0.4) is 0 Å². The van der Waals surface area contributed by atoms with Crippen molar-refractivity contribution in [3.63, 3.8) is 0 Å². The lowest BCUT2D eigenvalue weighted by Gasteiger charge is -2.25. The summed E-state index contributed by atoms with van der Waals surface area (Å²) in [6, 6.07) is 25.9. The second-order valence-corrected chi connectivity index (χ2v) is 11.3. The first-order chi connectivity index (χ1) is 20.0. The number of carbonyl (C=O) groups excluding carboxylic acids is 1. The first-order valence-electron chi connectivity index (χ1n) is 14.1. The quantitative estimate of drug-likeness (QED) is 0.189. The van der Waals surface area contributed by atoms with Crippen molar-refractivity contribution in [3.8, 4) is 17.3 Å². The van der Waals surface area contributed by atoms with Gasteiger partial charge in [-0.25, -0.2) is 4.98 Å². The number of carbonyl (C=O) groups is 1. The molecule has 1 fully saturated rings. The zero-order chi connectivity index (χ0) is 28.6. The summed E-state index contributed by atoms with van der Waals surface area (Å²) in [6.45, 7) is 0.760. The van der Waals surface area contributed by atoms with Gasteiger partial charge in [-0.1, -0.05) is 55.7 Å². The van der Waals surface area contributed by atoms with Gasteiger partial charge in [0.25, 0.3) is 5.91 Å². The molecule has 1 amide bonds. The van der Waals surface area contributed by atoms with E-state index in [-0.39, 0.29) is 18.9 Å². The molecule has 8 heteroatoms. The van der Waals surface area contributed by atoms with Crippen molar-refractivity contribution in [2.75, 3.05) is 11.4 Å². The van der Waals surface area contributed by atoms with Gasteiger partial charge in [0.05, 0.1) is 23.9 Å². The topological polar surface area (TPSA) is 109 Å². The maximum atomic E-state index is 12.4. The maximum absolute atomic E-state index is 12.4. The van der Waals surface area contributed by atoms with E-state index >= 15 is 0 Å². The van der Waals surface area contributed by atoms with Gasteiger partial charge >= 0.3 is 0 Å². The Balaban J connectivity index is 1.38. The third kappa shape index (κ3) is 7.39. The zero-order valence-corrected chi connectivity index (χ0v) is 23.7. The molecule has 3 N–H and O–H groups in total. The van der Waals surface area contributed by atoms with E-state index in [1.165, 1.54) is 37.7 Å². The number of nitrogens with one attached hydrogen (secondary N) is 1. The number of hydrogen-bond acceptors (Lipinski definition) is 7. The minimum absolute atomic E-state index is 0.0800. The molecule has 0 bridgehead atoms. The standard InChI is InChI=1S/C33H34N4O3S/c34-20-23-6-10-27(11-7-23)30-22-41-33(36-30)37(29-16-14-26(15-17-29)25-4-2-1-3-5-25)21-24-8-12-28(13-9-24)32(40)35-19-18-31(38)39/h6-17,22,25,31,38-39H,1-5,18-19,21H2,(H,35,40). The first-order valence-corrected chi connectivity index (χ1v) is 14.9. The van der Waals surface area contributed by atoms with Crippen LogP contribution < -0.4 is 10.2 Å². The zero-order valence-electron chi connectivity index (χ0n) is 22.9. The van der Waals surface area contributed by atoms with Crippen molar-refractivity contribution in [3.05, 3.63) is 100 Å². The normalized spacial score (nSPS) is 13.6. The Morgan fingerprint density at radius 3 is 2.37 bits per heavy atom. The van der Waals surface area contributed by atoms with Gasteiger partial charge in [-0.15, -0.1) is 11.3 Å². The number of aliphatic hydroxyl groups is 2. The van der Waals surface area contributed by atoms with Crippen molar-refractivity contribution in [2.45, 2.75) is 57.3 Å². The van der Waals surface area contributed by atoms with E-state index in [0.29, 0.717) is 23.6 Å². The molecule has 3 aromatic carbocycles. The molecule has 1 saturated carbocycles. The molecule has 1 aliphatic rings. The Labute approximate surface area is 244 Å². The highest BCUT2D eigenvalue weighted by Crippen LogP contribution is 2.37. The number of nitrogens with zero attached hydrogens (tertiary/aromatic N) is 3. The molecule has 0 spiro atoms. The molecule has 210 valence electrons. The summed E-state index contributed by atoms with van der Waals surface area (Å²) in [4.78, 5) is 19.6. The Morgan fingerprint density at radius 2 is 1.71 bits per heavy atom. The minimum Gasteiger partial charge on any atom is -0.368 e. The van der Waals surface area contributed by atoms with Crippen LogP contribution >= 0.6 is 11.3 Å². The SMILES string of the molecule is N#Cc1ccc(-c2csc(N(Cc3ccc(C(=O)NCCC(O)O)cc3)c3ccc(C4CCCCC4)cc3)n2)cc1. The Kier molecular flexibility index (Phi) is 9.42. The summed E-state index contributed by atoms with van der Waals surface area (Å²) in [5, 5.41) is 32.7. The van der Waals surface area contributed by atoms with E-state index in [0.717, 1.165) is 27.6 Å². The van der Waals surface area contributed by atoms with Gasteiger partial charge in [0.15, 0.2) is 11.4 Å². The number of aliphatic hydroxyl groups excluding tert-OH is 1. The van der Waals surface area contributed by atoms with E-state index in [1.54, 1.807) is 35.6 Å². The number of anilines is 2. The number of thiazole rings is 1. The average Bonchev–Trinajstić information content (AvgIpc) is 3.51. The lowest BCUT2D eigenvalue weighted by Crippen LogP contribution is -2.27. The third-order valence-electron chi connectivity index (χ3n) is 7.56. The predicted molar refractivity (Wildman–Crippen MR) is 162 cm³/mol. The van der Waals surface area contributed by atoms with Gasteiger partial charge in [-0.2, -0.15) is 5.26 Å². The first kappa shape index (κ1) is 28.5. The summed E-state index contributed by atoms with van der Waals surface area (Å²) >= 11 is 1.57. The molecule has 0 aliphatic heterocycles. The van der Waals surface area contributed by atoms with Crippen molar-refractivity contribution in [2.24, 2.45) is 0 Å². The molecule has 4 aromatic rings. The number of amides is 1. The molecule has 0 saturated heterocycles. The minimum atomic E-state index is -1.44. The molecule has 41 heavy (non-hydrogen) atoms. The fourth-order valence-corrected chi connectivity index (χ4v) is 6.08. The van der Waals surface area contributed by atoms with Crippen LogP contribution in [-0.4, -0.2) is 33.9 Å². The average molecular weight is 567 g/mol. The van der Waals surface area contributed by atoms with Crippen LogP contribution in [0, 0.1) is 11.3 Å². The van der Waals surface area contributed by atoms with E-state index in [9.17, 15) is 4.79 Å². The largest absolute Gasteiger partial charge is 0.368 e. The Bertz CT molecular complexity index is 1470. The van der Waals surface area contributed by atoms with E-state index in [2.05, 4.69) is 40.6 Å². The van der Waals surface area contributed by atoms with Crippen LogP contribution in [0.4, 0.5) is 10.8 Å². The predicted octanol–water partition coefficient (Wildman–Crippen LogP) is 6.50. The van der Waals surface area contributed by atoms with Crippen molar-refractivity contribution >= 4 is 28.1 Å². The van der Waals surface area contributed by atoms with E-state index in [4.69, 9.17) is 20.5 Å². The summed E-state index contributed by atoms with van der Waals surface area (Å²) in [7, 11) is 0. The van der Waals surface area contributed by atoms with Crippen molar-refractivity contribution in [1.82, 2.24) is 10.3 Å². The molecule has 1 aromatic heterocycles. The van der Waals surface area contributed by atoms with Gasteiger partial charge in [-0.05, 0) is 66.3 Å². The fraction of sp³-hybridized carbons (Fsp3) is 0.303. The van der Waals surface area contributed by atoms with Gasteiger partial charge in [0, 0.05) is 35.2 Å². The Morgan fingerprint density at radius 1 is 1.00 bits per heavy atom. The maximum Gasteiger partial charge on any atom is 0.251 e. The molecule has 0 atom stereocenters. The Hall–Kier alpha value is -4.03. The number of aromatic nitrogens is 1. The van der Waals surface area contributed by atoms with Gasteiger partial charge < -0.3 is 20.4 Å². The number of nitriles is 1. The number of benzene rings is 3. The summed E-state index contributed by atoms with van der Waals surface area (Å²) in [5.41, 5.74) is 6.43. The summed E-state index contributed by atoms with van der Waals surface area (Å²) < 4.78 is 0. The second kappa shape index (κ2) is 13.6. The lowest BCUT2D eigenvalue weighted by atomic mass is 9.84. The molecular formula is C33H34N4O3S. The third-order valence-corrected chi connectivity index (χ3v) is 8.42. The number of hydrogen-bond donors (Lipinski definition) is 3. The highest BCUT2D eigenvalue weighted by molar-refractivity contribution is 7.14. The monoisotopic (exact) mass is 566 g/mol. The highest BCUT2D eigenvalue weighted by atomic mass is 32.1. The molecule has 1 aliphatic carbocycles. The molecule has 0 unspecified atom stereocenters. The molecular weight excluding hydrogens is 532 g/mol. The van der Waals surface area contributed by atoms with Gasteiger partial charge in [0.1, 0.15) is 0 Å². The van der Waals surface area contributed by atoms with Crippen LogP contribution in [0.1, 0.15) is 71.5 Å². The fourth-order valence-electron chi connectivity index (χ4n) is 5.23.